The Labute approximate surface area is 165 Å². The predicted molar refractivity (Wildman–Crippen MR) is 109 cm³/mol. The van der Waals surface area contributed by atoms with Crippen molar-refractivity contribution in [3.8, 4) is 5.75 Å². The Morgan fingerprint density at radius 2 is 2.04 bits per heavy atom. The minimum absolute atomic E-state index is 0.0334. The van der Waals surface area contributed by atoms with E-state index in [1.807, 2.05) is 36.6 Å². The van der Waals surface area contributed by atoms with Crippen LogP contribution >= 0.6 is 11.3 Å². The number of hydrogen-bond acceptors (Lipinski definition) is 5. The molecule has 27 heavy (non-hydrogen) atoms. The van der Waals surface area contributed by atoms with Crippen molar-refractivity contribution < 1.29 is 9.53 Å². The summed E-state index contributed by atoms with van der Waals surface area (Å²) in [4.78, 5) is 19.2. The van der Waals surface area contributed by atoms with Gasteiger partial charge in [-0.3, -0.25) is 9.69 Å². The van der Waals surface area contributed by atoms with Crippen LogP contribution in [0.1, 0.15) is 47.7 Å². The maximum Gasteiger partial charge on any atom is 0.251 e. The smallest absolute Gasteiger partial charge is 0.251 e. The second-order valence-corrected chi connectivity index (χ2v) is 8.51. The Morgan fingerprint density at radius 1 is 1.33 bits per heavy atom. The van der Waals surface area contributed by atoms with Gasteiger partial charge in [-0.15, -0.1) is 11.3 Å². The van der Waals surface area contributed by atoms with Gasteiger partial charge in [-0.2, -0.15) is 0 Å². The minimum Gasteiger partial charge on any atom is -0.487 e. The van der Waals surface area contributed by atoms with Gasteiger partial charge in [0.2, 0.25) is 0 Å². The highest BCUT2D eigenvalue weighted by atomic mass is 32.1. The maximum atomic E-state index is 12.4. The molecule has 0 aliphatic carbocycles. The maximum absolute atomic E-state index is 12.4. The van der Waals surface area contributed by atoms with Gasteiger partial charge in [-0.05, 0) is 70.0 Å². The third kappa shape index (κ3) is 5.78. The first-order valence-electron chi connectivity index (χ1n) is 9.67. The van der Waals surface area contributed by atoms with Gasteiger partial charge in [0.25, 0.3) is 5.91 Å². The molecule has 146 valence electrons. The molecule has 1 aliphatic heterocycles. The number of aryl methyl sites for hydroxylation is 1. The SMILES string of the molecule is Cc1nc(COc2ccc(C(=O)NCC(C)N3CCC(C)CC3)cc2)cs1. The van der Waals surface area contributed by atoms with Crippen LogP contribution in [0.2, 0.25) is 0 Å². The standard InChI is InChI=1S/C21H29N3O2S/c1-15-8-10-24(11-9-15)16(2)12-22-21(25)18-4-6-20(7-5-18)26-13-19-14-27-17(3)23-19/h4-7,14-16H,8-13H2,1-3H3,(H,22,25). The molecule has 1 atom stereocenters. The molecule has 2 heterocycles. The molecular formula is C21H29N3O2S. The molecule has 5 nitrogen and oxygen atoms in total. The number of hydrogen-bond donors (Lipinski definition) is 1. The topological polar surface area (TPSA) is 54.5 Å². The molecule has 0 spiro atoms. The molecule has 1 fully saturated rings. The van der Waals surface area contributed by atoms with E-state index in [4.69, 9.17) is 4.74 Å². The lowest BCUT2D eigenvalue weighted by Gasteiger charge is -2.35. The summed E-state index contributed by atoms with van der Waals surface area (Å²) in [6, 6.07) is 7.66. The quantitative estimate of drug-likeness (QED) is 0.783. The Bertz CT molecular complexity index is 736. The highest BCUT2D eigenvalue weighted by Gasteiger charge is 2.20. The van der Waals surface area contributed by atoms with Crippen LogP contribution in [-0.2, 0) is 6.61 Å². The van der Waals surface area contributed by atoms with Crippen LogP contribution in [0, 0.1) is 12.8 Å². The fraction of sp³-hybridized carbons (Fsp3) is 0.524. The fourth-order valence-electron chi connectivity index (χ4n) is 3.28. The number of rotatable bonds is 7. The van der Waals surface area contributed by atoms with Crippen molar-refractivity contribution in [2.45, 2.75) is 46.3 Å². The molecule has 1 aromatic heterocycles. The lowest BCUT2D eigenvalue weighted by atomic mass is 9.98. The number of aromatic nitrogens is 1. The molecule has 1 aromatic carbocycles. The number of benzene rings is 1. The summed E-state index contributed by atoms with van der Waals surface area (Å²) in [6.45, 7) is 9.86. The Balaban J connectivity index is 1.44. The van der Waals surface area contributed by atoms with E-state index in [-0.39, 0.29) is 5.91 Å². The zero-order valence-electron chi connectivity index (χ0n) is 16.4. The number of carbonyl (C=O) groups excluding carboxylic acids is 1. The number of nitrogens with one attached hydrogen (secondary N) is 1. The number of ether oxygens (including phenoxy) is 1. The minimum atomic E-state index is -0.0334. The molecule has 1 unspecified atom stereocenters. The normalized spacial score (nSPS) is 16.9. The number of piperidine rings is 1. The molecule has 3 rings (SSSR count). The van der Waals surface area contributed by atoms with Crippen LogP contribution in [0.25, 0.3) is 0 Å². The third-order valence-electron chi connectivity index (χ3n) is 5.17. The van der Waals surface area contributed by atoms with E-state index in [0.29, 0.717) is 24.8 Å². The second kappa shape index (κ2) is 9.33. The van der Waals surface area contributed by atoms with Crippen LogP contribution in [0.5, 0.6) is 5.75 Å². The van der Waals surface area contributed by atoms with Crippen LogP contribution in [0.4, 0.5) is 0 Å². The molecule has 0 saturated carbocycles. The van der Waals surface area contributed by atoms with E-state index in [1.54, 1.807) is 11.3 Å². The summed E-state index contributed by atoms with van der Waals surface area (Å²) < 4.78 is 5.73. The van der Waals surface area contributed by atoms with Crippen molar-refractivity contribution in [2.24, 2.45) is 5.92 Å². The summed E-state index contributed by atoms with van der Waals surface area (Å²) in [5.41, 5.74) is 1.59. The Hall–Kier alpha value is -1.92. The van der Waals surface area contributed by atoms with Crippen molar-refractivity contribution in [1.29, 1.82) is 0 Å². The molecule has 0 radical (unpaired) electrons. The van der Waals surface area contributed by atoms with E-state index >= 15 is 0 Å². The van der Waals surface area contributed by atoms with Crippen molar-refractivity contribution in [3.05, 3.63) is 45.9 Å². The third-order valence-corrected chi connectivity index (χ3v) is 5.99. The van der Waals surface area contributed by atoms with Gasteiger partial charge in [0.15, 0.2) is 0 Å². The van der Waals surface area contributed by atoms with Gasteiger partial charge in [0.05, 0.1) is 10.7 Å². The van der Waals surface area contributed by atoms with Crippen molar-refractivity contribution >= 4 is 17.2 Å². The summed E-state index contributed by atoms with van der Waals surface area (Å²) in [5, 5.41) is 6.09. The molecule has 6 heteroatoms. The molecule has 2 aromatic rings. The zero-order valence-corrected chi connectivity index (χ0v) is 17.2. The van der Waals surface area contributed by atoms with Gasteiger partial charge in [0.1, 0.15) is 12.4 Å². The van der Waals surface area contributed by atoms with E-state index in [2.05, 4.69) is 29.0 Å². The molecule has 1 aliphatic rings. The second-order valence-electron chi connectivity index (χ2n) is 7.45. The molecule has 1 saturated heterocycles. The first-order valence-corrected chi connectivity index (χ1v) is 10.6. The summed E-state index contributed by atoms with van der Waals surface area (Å²) in [5.74, 6) is 1.53. The summed E-state index contributed by atoms with van der Waals surface area (Å²) >= 11 is 1.62. The van der Waals surface area contributed by atoms with E-state index in [9.17, 15) is 4.79 Å². The largest absolute Gasteiger partial charge is 0.487 e. The van der Waals surface area contributed by atoms with Crippen LogP contribution in [-0.4, -0.2) is 41.5 Å². The van der Waals surface area contributed by atoms with Crippen molar-refractivity contribution in [3.63, 3.8) is 0 Å². The van der Waals surface area contributed by atoms with Crippen LogP contribution < -0.4 is 10.1 Å². The first kappa shape index (κ1) is 19.8. The molecule has 1 amide bonds. The Morgan fingerprint density at radius 3 is 2.67 bits per heavy atom. The highest BCUT2D eigenvalue weighted by Crippen LogP contribution is 2.18. The average molecular weight is 388 g/mol. The van der Waals surface area contributed by atoms with Crippen molar-refractivity contribution in [1.82, 2.24) is 15.2 Å². The number of nitrogens with zero attached hydrogens (tertiary/aromatic N) is 2. The summed E-state index contributed by atoms with van der Waals surface area (Å²) in [6.07, 6.45) is 2.50. The van der Waals surface area contributed by atoms with Crippen LogP contribution in [0.3, 0.4) is 0 Å². The van der Waals surface area contributed by atoms with E-state index in [1.165, 1.54) is 12.8 Å². The van der Waals surface area contributed by atoms with Crippen molar-refractivity contribution in [2.75, 3.05) is 19.6 Å². The van der Waals surface area contributed by atoms with Gasteiger partial charge in [-0.25, -0.2) is 4.98 Å². The fourth-order valence-corrected chi connectivity index (χ4v) is 3.87. The average Bonchev–Trinajstić information content (AvgIpc) is 3.10. The Kier molecular flexibility index (Phi) is 6.85. The zero-order chi connectivity index (χ0) is 19.2. The highest BCUT2D eigenvalue weighted by molar-refractivity contribution is 7.09. The monoisotopic (exact) mass is 387 g/mol. The van der Waals surface area contributed by atoms with Gasteiger partial charge in [-0.1, -0.05) is 6.92 Å². The van der Waals surface area contributed by atoms with E-state index < -0.39 is 0 Å². The molecule has 0 bridgehead atoms. The molecule has 1 N–H and O–H groups in total. The predicted octanol–water partition coefficient (Wildman–Crippen LogP) is 3.88. The number of likely N-dealkylation sites (tertiary alicyclic amines) is 1. The van der Waals surface area contributed by atoms with Gasteiger partial charge < -0.3 is 10.1 Å². The van der Waals surface area contributed by atoms with E-state index in [0.717, 1.165) is 35.5 Å². The lowest BCUT2D eigenvalue weighted by Crippen LogP contribution is -2.45. The lowest BCUT2D eigenvalue weighted by molar-refractivity contribution is 0.0921. The number of thiazole rings is 1. The first-order chi connectivity index (χ1) is 13.0. The van der Waals surface area contributed by atoms with Crippen LogP contribution in [0.15, 0.2) is 29.6 Å². The molecular weight excluding hydrogens is 358 g/mol. The van der Waals surface area contributed by atoms with Gasteiger partial charge >= 0.3 is 0 Å². The number of amides is 1. The van der Waals surface area contributed by atoms with Gasteiger partial charge in [0, 0.05) is 23.5 Å². The number of carbonyl (C=O) groups is 1. The summed E-state index contributed by atoms with van der Waals surface area (Å²) in [7, 11) is 0.